The summed E-state index contributed by atoms with van der Waals surface area (Å²) >= 11 is 5.95. The van der Waals surface area contributed by atoms with E-state index in [-0.39, 0.29) is 18.0 Å². The van der Waals surface area contributed by atoms with E-state index in [4.69, 9.17) is 11.6 Å². The van der Waals surface area contributed by atoms with Crippen LogP contribution in [0.4, 0.5) is 4.39 Å². The van der Waals surface area contributed by atoms with Crippen molar-refractivity contribution >= 4 is 17.5 Å². The lowest BCUT2D eigenvalue weighted by atomic mass is 9.85. The Balaban J connectivity index is 1.39. The van der Waals surface area contributed by atoms with Crippen molar-refractivity contribution in [1.82, 2.24) is 16.2 Å². The number of carbonyl (C=O) groups is 1. The smallest absolute Gasteiger partial charge is 0.221 e. The van der Waals surface area contributed by atoms with E-state index >= 15 is 0 Å². The van der Waals surface area contributed by atoms with Gasteiger partial charge < -0.3 is 5.32 Å². The molecule has 0 spiro atoms. The van der Waals surface area contributed by atoms with Gasteiger partial charge in [-0.25, -0.2) is 9.82 Å². The molecule has 6 heteroatoms. The van der Waals surface area contributed by atoms with Crippen LogP contribution in [-0.4, -0.2) is 29.7 Å². The zero-order valence-corrected chi connectivity index (χ0v) is 12.3. The first kappa shape index (κ1) is 14.5. The van der Waals surface area contributed by atoms with Crippen LogP contribution in [0.5, 0.6) is 0 Å². The van der Waals surface area contributed by atoms with Crippen LogP contribution >= 0.6 is 11.6 Å². The summed E-state index contributed by atoms with van der Waals surface area (Å²) < 4.78 is 13.3. The summed E-state index contributed by atoms with van der Waals surface area (Å²) in [6.45, 7) is 0. The predicted octanol–water partition coefficient (Wildman–Crippen LogP) is 1.84. The molecule has 4 nitrogen and oxygen atoms in total. The third kappa shape index (κ3) is 3.62. The van der Waals surface area contributed by atoms with E-state index in [2.05, 4.69) is 16.2 Å². The standard InChI is InChI=1S/C14H23ClFN3O/c15-10-5-8(1-4-11(10)16)6-14(20)17-13-7-12(18-19-13)9-2-3-9/h8-13,18-19H,1-7H2,(H,17,20). The largest absolute Gasteiger partial charge is 0.339 e. The topological polar surface area (TPSA) is 53.2 Å². The molecule has 0 bridgehead atoms. The van der Waals surface area contributed by atoms with Crippen molar-refractivity contribution in [2.24, 2.45) is 11.8 Å². The van der Waals surface area contributed by atoms with E-state index in [1.807, 2.05) is 0 Å². The van der Waals surface area contributed by atoms with Crippen molar-refractivity contribution in [1.29, 1.82) is 0 Å². The number of hydrazine groups is 1. The zero-order valence-electron chi connectivity index (χ0n) is 11.6. The summed E-state index contributed by atoms with van der Waals surface area (Å²) in [5, 5.41) is 2.59. The first-order valence-electron chi connectivity index (χ1n) is 7.70. The molecule has 3 aliphatic rings. The first-order chi connectivity index (χ1) is 9.61. The lowest BCUT2D eigenvalue weighted by Crippen LogP contribution is -2.45. The Bertz CT molecular complexity index is 366. The van der Waals surface area contributed by atoms with E-state index in [9.17, 15) is 9.18 Å². The van der Waals surface area contributed by atoms with Crippen LogP contribution in [0.15, 0.2) is 0 Å². The van der Waals surface area contributed by atoms with Gasteiger partial charge in [0, 0.05) is 12.5 Å². The van der Waals surface area contributed by atoms with Crippen molar-refractivity contribution in [3.05, 3.63) is 0 Å². The van der Waals surface area contributed by atoms with E-state index in [1.165, 1.54) is 12.8 Å². The third-order valence-electron chi connectivity index (χ3n) is 4.73. The molecule has 20 heavy (non-hydrogen) atoms. The van der Waals surface area contributed by atoms with Gasteiger partial charge in [-0.1, -0.05) is 0 Å². The van der Waals surface area contributed by atoms with E-state index in [1.54, 1.807) is 0 Å². The van der Waals surface area contributed by atoms with Crippen LogP contribution in [0.25, 0.3) is 0 Å². The summed E-state index contributed by atoms with van der Waals surface area (Å²) in [5.41, 5.74) is 6.40. The van der Waals surface area contributed by atoms with Gasteiger partial charge in [-0.15, -0.1) is 11.6 Å². The Morgan fingerprint density at radius 3 is 2.70 bits per heavy atom. The van der Waals surface area contributed by atoms with Gasteiger partial charge in [-0.3, -0.25) is 10.2 Å². The number of amides is 1. The molecule has 5 unspecified atom stereocenters. The molecule has 0 radical (unpaired) electrons. The molecule has 2 aliphatic carbocycles. The van der Waals surface area contributed by atoms with Gasteiger partial charge in [0.05, 0.1) is 11.5 Å². The van der Waals surface area contributed by atoms with Crippen LogP contribution in [0.2, 0.25) is 0 Å². The number of alkyl halides is 2. The minimum Gasteiger partial charge on any atom is -0.339 e. The van der Waals surface area contributed by atoms with Crippen LogP contribution in [0, 0.1) is 11.8 Å². The zero-order chi connectivity index (χ0) is 14.1. The van der Waals surface area contributed by atoms with Gasteiger partial charge in [0.15, 0.2) is 0 Å². The molecule has 0 aromatic rings. The second kappa shape index (κ2) is 6.16. The first-order valence-corrected chi connectivity index (χ1v) is 8.14. The molecule has 114 valence electrons. The molecular weight excluding hydrogens is 281 g/mol. The molecule has 5 atom stereocenters. The van der Waals surface area contributed by atoms with Gasteiger partial charge in [-0.2, -0.15) is 0 Å². The quantitative estimate of drug-likeness (QED) is 0.695. The number of carbonyl (C=O) groups excluding carboxylic acids is 1. The van der Waals surface area contributed by atoms with Crippen molar-refractivity contribution in [2.45, 2.75) is 68.7 Å². The van der Waals surface area contributed by atoms with Gasteiger partial charge >= 0.3 is 0 Å². The summed E-state index contributed by atoms with van der Waals surface area (Å²) in [7, 11) is 0. The summed E-state index contributed by atoms with van der Waals surface area (Å²) in [5.74, 6) is 1.05. The molecule has 0 aromatic carbocycles. The maximum Gasteiger partial charge on any atom is 0.221 e. The van der Waals surface area contributed by atoms with Crippen LogP contribution in [-0.2, 0) is 4.79 Å². The number of nitrogens with one attached hydrogen (secondary N) is 3. The maximum atomic E-state index is 13.3. The van der Waals surface area contributed by atoms with E-state index < -0.39 is 11.5 Å². The molecule has 1 aliphatic heterocycles. The van der Waals surface area contributed by atoms with Gasteiger partial charge in [0.25, 0.3) is 0 Å². The maximum absolute atomic E-state index is 13.3. The minimum absolute atomic E-state index is 0.0254. The predicted molar refractivity (Wildman–Crippen MR) is 75.8 cm³/mol. The fourth-order valence-electron chi connectivity index (χ4n) is 3.34. The molecule has 3 N–H and O–H groups in total. The van der Waals surface area contributed by atoms with Crippen LogP contribution in [0.1, 0.15) is 44.9 Å². The van der Waals surface area contributed by atoms with Crippen molar-refractivity contribution in [3.63, 3.8) is 0 Å². The van der Waals surface area contributed by atoms with E-state index in [0.717, 1.165) is 18.8 Å². The summed E-state index contributed by atoms with van der Waals surface area (Å²) in [6.07, 6.45) is 4.98. The molecule has 1 saturated heterocycles. The van der Waals surface area contributed by atoms with Crippen molar-refractivity contribution < 1.29 is 9.18 Å². The number of halogens is 2. The van der Waals surface area contributed by atoms with Crippen molar-refractivity contribution in [3.8, 4) is 0 Å². The third-order valence-corrected chi connectivity index (χ3v) is 5.19. The fourth-order valence-corrected chi connectivity index (χ4v) is 3.72. The highest BCUT2D eigenvalue weighted by molar-refractivity contribution is 6.21. The van der Waals surface area contributed by atoms with Gasteiger partial charge in [-0.05, 0) is 50.4 Å². The molecule has 0 aromatic heterocycles. The highest BCUT2D eigenvalue weighted by Gasteiger charge is 2.37. The second-order valence-corrected chi connectivity index (χ2v) is 7.06. The second-order valence-electron chi connectivity index (χ2n) is 6.50. The van der Waals surface area contributed by atoms with Crippen LogP contribution in [0.3, 0.4) is 0 Å². The lowest BCUT2D eigenvalue weighted by Gasteiger charge is -2.28. The monoisotopic (exact) mass is 303 g/mol. The molecule has 2 saturated carbocycles. The minimum atomic E-state index is -0.907. The fraction of sp³-hybridized carbons (Fsp3) is 0.929. The molecule has 1 heterocycles. The van der Waals surface area contributed by atoms with Crippen molar-refractivity contribution in [2.75, 3.05) is 0 Å². The SMILES string of the molecule is O=C(CC1CCC(F)C(Cl)C1)NC1CC(C2CC2)NN1. The van der Waals surface area contributed by atoms with Gasteiger partial charge in [0.2, 0.25) is 5.91 Å². The summed E-state index contributed by atoms with van der Waals surface area (Å²) in [4.78, 5) is 12.0. The van der Waals surface area contributed by atoms with E-state index in [0.29, 0.717) is 25.3 Å². The number of hydrogen-bond donors (Lipinski definition) is 3. The average Bonchev–Trinajstić information content (AvgIpc) is 3.15. The lowest BCUT2D eigenvalue weighted by molar-refractivity contribution is -0.123. The van der Waals surface area contributed by atoms with Gasteiger partial charge in [0.1, 0.15) is 6.17 Å². The highest BCUT2D eigenvalue weighted by Crippen LogP contribution is 2.35. The Labute approximate surface area is 124 Å². The highest BCUT2D eigenvalue weighted by atomic mass is 35.5. The Kier molecular flexibility index (Phi) is 4.48. The molecule has 3 rings (SSSR count). The number of hydrogen-bond acceptors (Lipinski definition) is 3. The number of rotatable bonds is 4. The average molecular weight is 304 g/mol. The van der Waals surface area contributed by atoms with Crippen LogP contribution < -0.4 is 16.2 Å². The summed E-state index contributed by atoms with van der Waals surface area (Å²) in [6, 6.07) is 0.495. The Morgan fingerprint density at radius 2 is 2.00 bits per heavy atom. The normalized spacial score (nSPS) is 41.6. The molecule has 3 fully saturated rings. The Hall–Kier alpha value is -0.390. The molecule has 1 amide bonds. The Morgan fingerprint density at radius 1 is 1.20 bits per heavy atom. The molecular formula is C14H23ClFN3O.